The van der Waals surface area contributed by atoms with Crippen LogP contribution in [0.15, 0.2) is 22.7 Å². The highest BCUT2D eigenvalue weighted by molar-refractivity contribution is 5.85. The van der Waals surface area contributed by atoms with E-state index in [4.69, 9.17) is 10.3 Å². The fourth-order valence-electron chi connectivity index (χ4n) is 2.44. The van der Waals surface area contributed by atoms with Gasteiger partial charge in [0.2, 0.25) is 17.6 Å². The maximum Gasteiger partial charge on any atom is 0.227 e. The normalized spacial score (nSPS) is 14.7. The molecule has 0 saturated heterocycles. The molecule has 0 aliphatic heterocycles. The van der Waals surface area contributed by atoms with Gasteiger partial charge in [-0.15, -0.1) is 12.4 Å². The number of benzene rings is 1. The Hall–Kier alpha value is -1.99. The Morgan fingerprint density at radius 3 is 2.92 bits per heavy atom. The quantitative estimate of drug-likeness (QED) is 0.782. The Balaban J connectivity index is 0.00000225. The van der Waals surface area contributed by atoms with Crippen molar-refractivity contribution in [3.63, 3.8) is 0 Å². The zero-order valence-electron chi connectivity index (χ0n) is 14.0. The number of hydrogen-bond donors (Lipinski definition) is 2. The molecule has 1 heterocycles. The van der Waals surface area contributed by atoms with Crippen LogP contribution in [0, 0.1) is 18.7 Å². The van der Waals surface area contributed by atoms with Gasteiger partial charge in [0.25, 0.3) is 0 Å². The molecule has 1 amide bonds. The molecule has 2 aromatic rings. The maximum absolute atomic E-state index is 13.6. The van der Waals surface area contributed by atoms with Gasteiger partial charge in [-0.05, 0) is 37.3 Å². The minimum Gasteiger partial charge on any atom is -0.355 e. The van der Waals surface area contributed by atoms with E-state index in [0.717, 1.165) is 12.8 Å². The molecule has 1 atom stereocenters. The summed E-state index contributed by atoms with van der Waals surface area (Å²) in [5.74, 6) is 0.823. The number of aryl methyl sites for hydroxylation is 2. The topological polar surface area (TPSA) is 94.0 Å². The van der Waals surface area contributed by atoms with Crippen LogP contribution in [0.3, 0.4) is 0 Å². The number of nitrogens with one attached hydrogen (secondary N) is 1. The van der Waals surface area contributed by atoms with E-state index in [2.05, 4.69) is 15.5 Å². The molecule has 1 fully saturated rings. The minimum absolute atomic E-state index is 0. The first-order valence-electron chi connectivity index (χ1n) is 8.14. The van der Waals surface area contributed by atoms with Crippen LogP contribution in [0.4, 0.5) is 4.39 Å². The number of amides is 1. The summed E-state index contributed by atoms with van der Waals surface area (Å²) in [6.45, 7) is 2.19. The Morgan fingerprint density at radius 1 is 1.48 bits per heavy atom. The third kappa shape index (κ3) is 5.24. The van der Waals surface area contributed by atoms with Crippen LogP contribution in [-0.2, 0) is 11.2 Å². The summed E-state index contributed by atoms with van der Waals surface area (Å²) >= 11 is 0. The molecule has 25 heavy (non-hydrogen) atoms. The number of aromatic nitrogens is 2. The van der Waals surface area contributed by atoms with Crippen LogP contribution in [-0.4, -0.2) is 28.6 Å². The second-order valence-corrected chi connectivity index (χ2v) is 6.28. The highest BCUT2D eigenvalue weighted by Gasteiger charge is 2.28. The number of nitrogens with two attached hydrogens (primary N) is 1. The molecule has 1 aliphatic carbocycles. The largest absolute Gasteiger partial charge is 0.355 e. The predicted molar refractivity (Wildman–Crippen MR) is 93.7 cm³/mol. The third-order valence-electron chi connectivity index (χ3n) is 4.23. The maximum atomic E-state index is 13.6. The lowest BCUT2D eigenvalue weighted by atomic mass is 10.1. The first kappa shape index (κ1) is 19.3. The van der Waals surface area contributed by atoms with Crippen molar-refractivity contribution in [2.24, 2.45) is 11.7 Å². The van der Waals surface area contributed by atoms with Gasteiger partial charge in [0.15, 0.2) is 0 Å². The summed E-state index contributed by atoms with van der Waals surface area (Å²) in [6, 6.07) is 4.81. The number of rotatable bonds is 7. The average molecular weight is 369 g/mol. The molecule has 136 valence electrons. The summed E-state index contributed by atoms with van der Waals surface area (Å²) in [6.07, 6.45) is 2.90. The lowest BCUT2D eigenvalue weighted by Gasteiger charge is -2.10. The van der Waals surface area contributed by atoms with E-state index in [1.165, 1.54) is 6.07 Å². The van der Waals surface area contributed by atoms with Gasteiger partial charge >= 0.3 is 0 Å². The van der Waals surface area contributed by atoms with Crippen LogP contribution in [0.25, 0.3) is 11.4 Å². The number of carbonyl (C=O) groups is 1. The molecule has 0 spiro atoms. The molecule has 8 heteroatoms. The minimum atomic E-state index is -0.315. The van der Waals surface area contributed by atoms with Crippen molar-refractivity contribution in [2.45, 2.75) is 38.6 Å². The van der Waals surface area contributed by atoms with E-state index in [0.29, 0.717) is 41.7 Å². The Bertz CT molecular complexity index is 733. The average Bonchev–Trinajstić information content (AvgIpc) is 3.32. The lowest BCUT2D eigenvalue weighted by Crippen LogP contribution is -2.38. The molecule has 1 aromatic heterocycles. The van der Waals surface area contributed by atoms with Crippen molar-refractivity contribution in [3.8, 4) is 11.4 Å². The van der Waals surface area contributed by atoms with E-state index in [-0.39, 0.29) is 36.6 Å². The molecule has 1 aromatic carbocycles. The van der Waals surface area contributed by atoms with Crippen molar-refractivity contribution in [1.29, 1.82) is 0 Å². The van der Waals surface area contributed by atoms with E-state index in [9.17, 15) is 9.18 Å². The third-order valence-corrected chi connectivity index (χ3v) is 4.23. The van der Waals surface area contributed by atoms with Crippen molar-refractivity contribution in [1.82, 2.24) is 15.5 Å². The van der Waals surface area contributed by atoms with Crippen LogP contribution >= 0.6 is 12.4 Å². The van der Waals surface area contributed by atoms with Gasteiger partial charge in [-0.3, -0.25) is 4.79 Å². The highest BCUT2D eigenvalue weighted by Crippen LogP contribution is 2.31. The Morgan fingerprint density at radius 2 is 2.24 bits per heavy atom. The van der Waals surface area contributed by atoms with Crippen LogP contribution in [0.5, 0.6) is 0 Å². The van der Waals surface area contributed by atoms with Crippen molar-refractivity contribution in [2.75, 3.05) is 6.54 Å². The molecule has 1 saturated carbocycles. The van der Waals surface area contributed by atoms with Crippen LogP contribution < -0.4 is 11.1 Å². The second-order valence-electron chi connectivity index (χ2n) is 6.28. The van der Waals surface area contributed by atoms with Gasteiger partial charge in [0.1, 0.15) is 5.82 Å². The van der Waals surface area contributed by atoms with Gasteiger partial charge < -0.3 is 15.6 Å². The lowest BCUT2D eigenvalue weighted by molar-refractivity contribution is -0.121. The van der Waals surface area contributed by atoms with Crippen molar-refractivity contribution < 1.29 is 13.7 Å². The van der Waals surface area contributed by atoms with Crippen LogP contribution in [0.1, 0.15) is 30.7 Å². The van der Waals surface area contributed by atoms with Gasteiger partial charge in [-0.1, -0.05) is 17.3 Å². The zero-order chi connectivity index (χ0) is 17.1. The molecular weight excluding hydrogens is 347 g/mol. The standard InChI is InChI=1S/C17H21FN4O2.ClH/c1-10-2-3-12(8-13(10)18)17-21-16(24-22-17)7-6-15(23)20-9-14(19)11-4-5-11;/h2-3,8,11,14H,4-7,9,19H2,1H3,(H,20,23);1H. The molecule has 1 aliphatic rings. The van der Waals surface area contributed by atoms with Gasteiger partial charge in [0, 0.05) is 31.0 Å². The number of nitrogens with zero attached hydrogens (tertiary/aromatic N) is 2. The monoisotopic (exact) mass is 368 g/mol. The summed E-state index contributed by atoms with van der Waals surface area (Å²) in [7, 11) is 0. The van der Waals surface area contributed by atoms with Gasteiger partial charge in [-0.25, -0.2) is 4.39 Å². The summed E-state index contributed by atoms with van der Waals surface area (Å²) in [5, 5.41) is 6.66. The molecular formula is C17H22ClFN4O2. The second kappa shape index (κ2) is 8.40. The predicted octanol–water partition coefficient (Wildman–Crippen LogP) is 2.39. The number of carbonyl (C=O) groups excluding carboxylic acids is 1. The van der Waals surface area contributed by atoms with E-state index >= 15 is 0 Å². The molecule has 0 radical (unpaired) electrons. The van der Waals surface area contributed by atoms with E-state index < -0.39 is 0 Å². The number of hydrogen-bond acceptors (Lipinski definition) is 5. The molecule has 3 rings (SSSR count). The van der Waals surface area contributed by atoms with E-state index in [1.54, 1.807) is 19.1 Å². The van der Waals surface area contributed by atoms with Crippen molar-refractivity contribution in [3.05, 3.63) is 35.5 Å². The summed E-state index contributed by atoms with van der Waals surface area (Å²) in [5.41, 5.74) is 7.05. The summed E-state index contributed by atoms with van der Waals surface area (Å²) < 4.78 is 18.7. The Kier molecular flexibility index (Phi) is 6.50. The van der Waals surface area contributed by atoms with E-state index in [1.807, 2.05) is 0 Å². The van der Waals surface area contributed by atoms with Crippen LogP contribution in [0.2, 0.25) is 0 Å². The highest BCUT2D eigenvalue weighted by atomic mass is 35.5. The first-order valence-corrected chi connectivity index (χ1v) is 8.14. The SMILES string of the molecule is Cc1ccc(-c2noc(CCC(=O)NCC(N)C3CC3)n2)cc1F.Cl. The zero-order valence-corrected chi connectivity index (χ0v) is 14.8. The van der Waals surface area contributed by atoms with Gasteiger partial charge in [-0.2, -0.15) is 4.98 Å². The number of halogens is 2. The molecule has 1 unspecified atom stereocenters. The fraction of sp³-hybridized carbons (Fsp3) is 0.471. The summed E-state index contributed by atoms with van der Waals surface area (Å²) in [4.78, 5) is 16.0. The molecule has 3 N–H and O–H groups in total. The fourth-order valence-corrected chi connectivity index (χ4v) is 2.44. The van der Waals surface area contributed by atoms with Gasteiger partial charge in [0.05, 0.1) is 0 Å². The molecule has 6 nitrogen and oxygen atoms in total. The first-order chi connectivity index (χ1) is 11.5. The molecule has 0 bridgehead atoms. The Labute approximate surface area is 151 Å². The smallest absolute Gasteiger partial charge is 0.227 e. The van der Waals surface area contributed by atoms with Crippen molar-refractivity contribution >= 4 is 18.3 Å².